The summed E-state index contributed by atoms with van der Waals surface area (Å²) in [6.45, 7) is -0.0268. The number of amides is 2. The third-order valence-corrected chi connectivity index (χ3v) is 3.90. The molecule has 130 valence electrons. The van der Waals surface area contributed by atoms with Crippen molar-refractivity contribution in [1.29, 1.82) is 0 Å². The molecular weight excluding hydrogens is 327 g/mol. The molecule has 0 aromatic heterocycles. The molecule has 2 aromatic rings. The number of para-hydroxylation sites is 2. The predicted octanol–water partition coefficient (Wildman–Crippen LogP) is 2.40. The summed E-state index contributed by atoms with van der Waals surface area (Å²) in [5.74, 6) is -0.818. The highest BCUT2D eigenvalue weighted by Crippen LogP contribution is 2.22. The zero-order valence-corrected chi connectivity index (χ0v) is 13.3. The van der Waals surface area contributed by atoms with Crippen molar-refractivity contribution in [2.45, 2.75) is 18.6 Å². The number of aliphatic hydroxyl groups excluding tert-OH is 1. The number of hydrogen-bond donors (Lipinski definition) is 2. The van der Waals surface area contributed by atoms with Gasteiger partial charge in [-0.3, -0.25) is 9.69 Å². The van der Waals surface area contributed by atoms with Crippen LogP contribution in [0.3, 0.4) is 0 Å². The Morgan fingerprint density at radius 3 is 2.52 bits per heavy atom. The molecule has 0 spiro atoms. The summed E-state index contributed by atoms with van der Waals surface area (Å²) in [5.41, 5.74) is 0.0188. The quantitative estimate of drug-likeness (QED) is 0.896. The molecule has 2 atom stereocenters. The van der Waals surface area contributed by atoms with Crippen LogP contribution >= 0.6 is 0 Å². The topological polar surface area (TPSA) is 78.9 Å². The van der Waals surface area contributed by atoms with Crippen molar-refractivity contribution in [3.63, 3.8) is 0 Å². The Hall–Kier alpha value is -2.93. The van der Waals surface area contributed by atoms with Gasteiger partial charge in [0, 0.05) is 6.42 Å². The van der Waals surface area contributed by atoms with Gasteiger partial charge in [-0.1, -0.05) is 30.3 Å². The number of carbonyl (C=O) groups is 2. The van der Waals surface area contributed by atoms with Crippen molar-refractivity contribution in [2.75, 3.05) is 11.9 Å². The number of aliphatic hydroxyl groups is 1. The molecule has 1 fully saturated rings. The molecule has 1 saturated heterocycles. The molecule has 2 amide bonds. The summed E-state index contributed by atoms with van der Waals surface area (Å²) in [4.78, 5) is 25.9. The largest absolute Gasteiger partial charge is 0.416 e. The second kappa shape index (κ2) is 7.31. The molecule has 2 aromatic carbocycles. The van der Waals surface area contributed by atoms with Gasteiger partial charge < -0.3 is 15.2 Å². The van der Waals surface area contributed by atoms with Gasteiger partial charge in [0.2, 0.25) is 5.91 Å². The lowest BCUT2D eigenvalue weighted by atomic mass is 10.2. The summed E-state index contributed by atoms with van der Waals surface area (Å²) in [6, 6.07) is 13.2. The normalized spacial score (nSPS) is 19.5. The number of rotatable bonds is 3. The van der Waals surface area contributed by atoms with Crippen LogP contribution in [0.4, 0.5) is 14.9 Å². The minimum absolute atomic E-state index is 0.0188. The lowest BCUT2D eigenvalue weighted by Crippen LogP contribution is -2.44. The van der Waals surface area contributed by atoms with Gasteiger partial charge in [0.1, 0.15) is 17.6 Å². The molecule has 3 rings (SSSR count). The summed E-state index contributed by atoms with van der Waals surface area (Å²) >= 11 is 0. The number of ether oxygens (including phenoxy) is 1. The predicted molar refractivity (Wildman–Crippen MR) is 88.6 cm³/mol. The van der Waals surface area contributed by atoms with Crippen LogP contribution in [0.25, 0.3) is 0 Å². The third-order valence-electron chi connectivity index (χ3n) is 3.90. The minimum Gasteiger partial charge on any atom is -0.410 e. The number of hydrogen-bond acceptors (Lipinski definition) is 4. The van der Waals surface area contributed by atoms with Crippen LogP contribution in [0, 0.1) is 5.82 Å². The number of likely N-dealkylation sites (tertiary alicyclic amines) is 1. The number of benzene rings is 2. The molecule has 1 aliphatic rings. The standard InChI is InChI=1S/C18H17FN2O4/c19-14-8-4-5-9-15(14)20-17(23)16-10-12(22)11-21(16)18(24)25-13-6-2-1-3-7-13/h1-9,12,16,22H,10-11H2,(H,20,23)/t12-,16-/m0/s1. The van der Waals surface area contributed by atoms with E-state index >= 15 is 0 Å². The van der Waals surface area contributed by atoms with Crippen molar-refractivity contribution in [3.05, 3.63) is 60.4 Å². The van der Waals surface area contributed by atoms with Gasteiger partial charge in [-0.05, 0) is 24.3 Å². The molecule has 0 aliphatic carbocycles. The average molecular weight is 344 g/mol. The second-order valence-electron chi connectivity index (χ2n) is 5.71. The highest BCUT2D eigenvalue weighted by Gasteiger charge is 2.40. The number of nitrogens with zero attached hydrogens (tertiary/aromatic N) is 1. The molecule has 1 heterocycles. The first-order chi connectivity index (χ1) is 12.0. The Morgan fingerprint density at radius 1 is 1.12 bits per heavy atom. The first-order valence-electron chi connectivity index (χ1n) is 7.81. The Balaban J connectivity index is 1.71. The van der Waals surface area contributed by atoms with Gasteiger partial charge in [-0.25, -0.2) is 9.18 Å². The maximum atomic E-state index is 13.7. The summed E-state index contributed by atoms with van der Waals surface area (Å²) < 4.78 is 18.9. The van der Waals surface area contributed by atoms with Crippen LogP contribution in [0.5, 0.6) is 5.75 Å². The molecule has 1 aliphatic heterocycles. The molecular formula is C18H17FN2O4. The summed E-state index contributed by atoms with van der Waals surface area (Å²) in [6.07, 6.45) is -1.53. The van der Waals surface area contributed by atoms with E-state index in [0.717, 1.165) is 4.90 Å². The van der Waals surface area contributed by atoms with Crippen LogP contribution in [-0.2, 0) is 4.79 Å². The molecule has 0 radical (unpaired) electrons. The van der Waals surface area contributed by atoms with E-state index in [9.17, 15) is 19.1 Å². The maximum absolute atomic E-state index is 13.7. The van der Waals surface area contributed by atoms with Crippen LogP contribution < -0.4 is 10.1 Å². The summed E-state index contributed by atoms with van der Waals surface area (Å²) in [7, 11) is 0. The van der Waals surface area contributed by atoms with E-state index in [1.165, 1.54) is 18.2 Å². The van der Waals surface area contributed by atoms with Crippen molar-refractivity contribution < 1.29 is 23.8 Å². The number of nitrogens with one attached hydrogen (secondary N) is 1. The van der Waals surface area contributed by atoms with E-state index in [-0.39, 0.29) is 18.7 Å². The van der Waals surface area contributed by atoms with Gasteiger partial charge in [0.25, 0.3) is 0 Å². The van der Waals surface area contributed by atoms with Gasteiger partial charge in [0.05, 0.1) is 18.3 Å². The number of carbonyl (C=O) groups excluding carboxylic acids is 2. The lowest BCUT2D eigenvalue weighted by Gasteiger charge is -2.23. The first-order valence-corrected chi connectivity index (χ1v) is 7.81. The van der Waals surface area contributed by atoms with Gasteiger partial charge in [-0.15, -0.1) is 0 Å². The Bertz CT molecular complexity index is 769. The molecule has 25 heavy (non-hydrogen) atoms. The zero-order chi connectivity index (χ0) is 17.8. The zero-order valence-electron chi connectivity index (χ0n) is 13.3. The van der Waals surface area contributed by atoms with Crippen LogP contribution in [-0.4, -0.2) is 40.7 Å². The number of β-amino-alcohol motifs (C(OH)–C–C–N with tert-alkyl or cyclic N) is 1. The Kier molecular flexibility index (Phi) is 4.95. The van der Waals surface area contributed by atoms with Crippen LogP contribution in [0.1, 0.15) is 6.42 Å². The third kappa shape index (κ3) is 3.95. The monoisotopic (exact) mass is 344 g/mol. The van der Waals surface area contributed by atoms with Crippen molar-refractivity contribution in [3.8, 4) is 5.75 Å². The number of halogens is 1. The van der Waals surface area contributed by atoms with Crippen LogP contribution in [0.15, 0.2) is 54.6 Å². The van der Waals surface area contributed by atoms with Crippen molar-refractivity contribution in [1.82, 2.24) is 4.90 Å². The van der Waals surface area contributed by atoms with E-state index in [0.29, 0.717) is 5.75 Å². The SMILES string of the molecule is O=C(Nc1ccccc1F)[C@@H]1C[C@H](O)CN1C(=O)Oc1ccccc1. The fourth-order valence-corrected chi connectivity index (χ4v) is 2.69. The average Bonchev–Trinajstić information content (AvgIpc) is 3.00. The molecule has 0 unspecified atom stereocenters. The summed E-state index contributed by atoms with van der Waals surface area (Å²) in [5, 5.41) is 12.3. The Labute approximate surface area is 143 Å². The van der Waals surface area contributed by atoms with Crippen molar-refractivity contribution in [2.24, 2.45) is 0 Å². The fraction of sp³-hybridized carbons (Fsp3) is 0.222. The fourth-order valence-electron chi connectivity index (χ4n) is 2.69. The second-order valence-corrected chi connectivity index (χ2v) is 5.71. The highest BCUT2D eigenvalue weighted by molar-refractivity contribution is 5.97. The van der Waals surface area contributed by atoms with Gasteiger partial charge in [0.15, 0.2) is 0 Å². The van der Waals surface area contributed by atoms with Gasteiger partial charge >= 0.3 is 6.09 Å². The molecule has 0 saturated carbocycles. The highest BCUT2D eigenvalue weighted by atomic mass is 19.1. The Morgan fingerprint density at radius 2 is 1.80 bits per heavy atom. The van der Waals surface area contributed by atoms with Crippen LogP contribution in [0.2, 0.25) is 0 Å². The van der Waals surface area contributed by atoms with E-state index in [1.54, 1.807) is 36.4 Å². The molecule has 2 N–H and O–H groups in total. The molecule has 6 nitrogen and oxygen atoms in total. The van der Waals surface area contributed by atoms with E-state index in [1.807, 2.05) is 0 Å². The molecule has 7 heteroatoms. The van der Waals surface area contributed by atoms with E-state index in [2.05, 4.69) is 5.32 Å². The minimum atomic E-state index is -0.939. The molecule has 0 bridgehead atoms. The lowest BCUT2D eigenvalue weighted by molar-refractivity contribution is -0.119. The maximum Gasteiger partial charge on any atom is 0.416 e. The first kappa shape index (κ1) is 16.9. The van der Waals surface area contributed by atoms with Crippen molar-refractivity contribution >= 4 is 17.7 Å². The smallest absolute Gasteiger partial charge is 0.410 e. The van der Waals surface area contributed by atoms with Gasteiger partial charge in [-0.2, -0.15) is 0 Å². The van der Waals surface area contributed by atoms with E-state index in [4.69, 9.17) is 4.74 Å². The van der Waals surface area contributed by atoms with E-state index < -0.39 is 30.0 Å². The number of anilines is 1.